The number of urea groups is 1. The normalized spacial score (nSPS) is 26.8. The molecule has 1 unspecified atom stereocenters. The van der Waals surface area contributed by atoms with Gasteiger partial charge in [-0.15, -0.1) is 0 Å². The number of nitrogens with one attached hydrogen (secondary N) is 2. The SMILES string of the molecule is CC1(c2cc(Br)ccc2F)C(=N)NC(=O)N1C1CC1. The molecule has 4 nitrogen and oxygen atoms in total. The first kappa shape index (κ1) is 12.6. The molecule has 1 aliphatic heterocycles. The minimum absolute atomic E-state index is 0.0291. The van der Waals surface area contributed by atoms with E-state index < -0.39 is 11.4 Å². The van der Waals surface area contributed by atoms with E-state index in [1.54, 1.807) is 24.0 Å². The number of hydrogen-bond acceptors (Lipinski definition) is 2. The molecule has 6 heteroatoms. The maximum absolute atomic E-state index is 14.1. The van der Waals surface area contributed by atoms with Crippen LogP contribution in [0.1, 0.15) is 25.3 Å². The lowest BCUT2D eigenvalue weighted by atomic mass is 9.89. The Bertz CT molecular complexity index is 587. The molecule has 2 amide bonds. The molecule has 0 radical (unpaired) electrons. The molecule has 1 heterocycles. The van der Waals surface area contributed by atoms with Crippen LogP contribution in [-0.4, -0.2) is 22.8 Å². The molecule has 100 valence electrons. The Balaban J connectivity index is 2.16. The fraction of sp³-hybridized carbons (Fsp3) is 0.385. The summed E-state index contributed by atoms with van der Waals surface area (Å²) in [4.78, 5) is 13.6. The Hall–Kier alpha value is -1.43. The number of nitrogens with zero attached hydrogens (tertiary/aromatic N) is 1. The third kappa shape index (κ3) is 1.77. The molecule has 1 saturated carbocycles. The van der Waals surface area contributed by atoms with Gasteiger partial charge in [0.25, 0.3) is 0 Å². The lowest BCUT2D eigenvalue weighted by Gasteiger charge is -2.34. The van der Waals surface area contributed by atoms with Crippen molar-refractivity contribution in [3.05, 3.63) is 34.1 Å². The number of halogens is 2. The molecule has 1 saturated heterocycles. The second-order valence-corrected chi connectivity index (χ2v) is 6.02. The Morgan fingerprint density at radius 2 is 2.21 bits per heavy atom. The second-order valence-electron chi connectivity index (χ2n) is 5.10. The fourth-order valence-electron chi connectivity index (χ4n) is 2.61. The monoisotopic (exact) mass is 325 g/mol. The van der Waals surface area contributed by atoms with E-state index in [0.29, 0.717) is 5.56 Å². The molecule has 1 aromatic carbocycles. The van der Waals surface area contributed by atoms with Crippen molar-refractivity contribution in [1.29, 1.82) is 5.41 Å². The van der Waals surface area contributed by atoms with Gasteiger partial charge in [-0.1, -0.05) is 15.9 Å². The lowest BCUT2D eigenvalue weighted by molar-refractivity contribution is 0.173. The topological polar surface area (TPSA) is 56.2 Å². The first-order valence-corrected chi connectivity index (χ1v) is 6.89. The van der Waals surface area contributed by atoms with Crippen LogP contribution in [0.4, 0.5) is 9.18 Å². The van der Waals surface area contributed by atoms with Crippen molar-refractivity contribution in [3.8, 4) is 0 Å². The van der Waals surface area contributed by atoms with Gasteiger partial charge in [-0.05, 0) is 38.0 Å². The molecule has 3 rings (SSSR count). The number of hydrogen-bond donors (Lipinski definition) is 2. The largest absolute Gasteiger partial charge is 0.324 e. The molecular formula is C13H13BrFN3O. The zero-order valence-corrected chi connectivity index (χ0v) is 11.9. The minimum atomic E-state index is -1.05. The summed E-state index contributed by atoms with van der Waals surface area (Å²) in [7, 11) is 0. The lowest BCUT2D eigenvalue weighted by Crippen LogP contribution is -2.46. The fourth-order valence-corrected chi connectivity index (χ4v) is 2.97. The molecule has 1 aliphatic carbocycles. The highest BCUT2D eigenvalue weighted by Crippen LogP contribution is 2.42. The van der Waals surface area contributed by atoms with Gasteiger partial charge in [0, 0.05) is 16.1 Å². The molecule has 2 aliphatic rings. The van der Waals surface area contributed by atoms with Crippen LogP contribution in [-0.2, 0) is 5.54 Å². The number of amidine groups is 1. The highest BCUT2D eigenvalue weighted by atomic mass is 79.9. The minimum Gasteiger partial charge on any atom is -0.305 e. The summed E-state index contributed by atoms with van der Waals surface area (Å²) in [6, 6.07) is 4.39. The van der Waals surface area contributed by atoms with Crippen LogP contribution in [0.5, 0.6) is 0 Å². The smallest absolute Gasteiger partial charge is 0.305 e. The van der Waals surface area contributed by atoms with Crippen molar-refractivity contribution in [2.24, 2.45) is 0 Å². The molecule has 19 heavy (non-hydrogen) atoms. The molecular weight excluding hydrogens is 313 g/mol. The van der Waals surface area contributed by atoms with Crippen LogP contribution in [0.15, 0.2) is 22.7 Å². The summed E-state index contributed by atoms with van der Waals surface area (Å²) < 4.78 is 14.9. The van der Waals surface area contributed by atoms with Crippen LogP contribution in [0.25, 0.3) is 0 Å². The summed E-state index contributed by atoms with van der Waals surface area (Å²) in [6.07, 6.45) is 1.82. The Labute approximate surface area is 118 Å². The zero-order chi connectivity index (χ0) is 13.8. The van der Waals surface area contributed by atoms with Crippen LogP contribution >= 0.6 is 15.9 Å². The van der Waals surface area contributed by atoms with Gasteiger partial charge in [0.2, 0.25) is 0 Å². The molecule has 1 aromatic rings. The van der Waals surface area contributed by atoms with Crippen molar-refractivity contribution in [1.82, 2.24) is 10.2 Å². The van der Waals surface area contributed by atoms with Crippen molar-refractivity contribution in [2.75, 3.05) is 0 Å². The summed E-state index contributed by atoms with van der Waals surface area (Å²) in [5.41, 5.74) is -0.705. The molecule has 2 fully saturated rings. The van der Waals surface area contributed by atoms with E-state index in [1.165, 1.54) is 6.07 Å². The van der Waals surface area contributed by atoms with Gasteiger partial charge >= 0.3 is 6.03 Å². The van der Waals surface area contributed by atoms with E-state index in [0.717, 1.165) is 17.3 Å². The van der Waals surface area contributed by atoms with Crippen molar-refractivity contribution < 1.29 is 9.18 Å². The van der Waals surface area contributed by atoms with Gasteiger partial charge in [0.1, 0.15) is 17.2 Å². The Morgan fingerprint density at radius 3 is 2.84 bits per heavy atom. The van der Waals surface area contributed by atoms with Crippen LogP contribution in [0.3, 0.4) is 0 Å². The van der Waals surface area contributed by atoms with Crippen LogP contribution < -0.4 is 5.32 Å². The van der Waals surface area contributed by atoms with E-state index in [1.807, 2.05) is 0 Å². The quantitative estimate of drug-likeness (QED) is 0.862. The van der Waals surface area contributed by atoms with E-state index in [4.69, 9.17) is 5.41 Å². The van der Waals surface area contributed by atoms with E-state index in [9.17, 15) is 9.18 Å². The maximum atomic E-state index is 14.1. The van der Waals surface area contributed by atoms with Crippen molar-refractivity contribution in [2.45, 2.75) is 31.3 Å². The molecule has 2 N–H and O–H groups in total. The third-order valence-corrected chi connectivity index (χ3v) is 4.28. The zero-order valence-electron chi connectivity index (χ0n) is 10.3. The predicted molar refractivity (Wildman–Crippen MR) is 72.6 cm³/mol. The molecule has 0 spiro atoms. The van der Waals surface area contributed by atoms with Crippen molar-refractivity contribution in [3.63, 3.8) is 0 Å². The van der Waals surface area contributed by atoms with Crippen LogP contribution in [0.2, 0.25) is 0 Å². The summed E-state index contributed by atoms with van der Waals surface area (Å²) in [5, 5.41) is 10.5. The van der Waals surface area contributed by atoms with Gasteiger partial charge in [-0.2, -0.15) is 0 Å². The second kappa shape index (κ2) is 4.03. The highest BCUT2D eigenvalue weighted by molar-refractivity contribution is 9.10. The van der Waals surface area contributed by atoms with Gasteiger partial charge in [-0.3, -0.25) is 10.7 Å². The molecule has 0 aromatic heterocycles. The van der Waals surface area contributed by atoms with Crippen LogP contribution in [0, 0.1) is 11.2 Å². The average molecular weight is 326 g/mol. The van der Waals surface area contributed by atoms with Gasteiger partial charge < -0.3 is 4.90 Å². The third-order valence-electron chi connectivity index (χ3n) is 3.78. The van der Waals surface area contributed by atoms with E-state index in [2.05, 4.69) is 21.2 Å². The number of rotatable bonds is 2. The van der Waals surface area contributed by atoms with E-state index >= 15 is 0 Å². The van der Waals surface area contributed by atoms with Gasteiger partial charge in [-0.25, -0.2) is 9.18 Å². The summed E-state index contributed by atoms with van der Waals surface area (Å²) >= 11 is 3.31. The number of benzene rings is 1. The van der Waals surface area contributed by atoms with Crippen molar-refractivity contribution >= 4 is 27.8 Å². The first-order valence-electron chi connectivity index (χ1n) is 6.09. The Kier molecular flexibility index (Phi) is 2.67. The summed E-state index contributed by atoms with van der Waals surface area (Å²) in [6.45, 7) is 1.72. The Morgan fingerprint density at radius 1 is 1.53 bits per heavy atom. The average Bonchev–Trinajstić information content (AvgIpc) is 3.13. The van der Waals surface area contributed by atoms with E-state index in [-0.39, 0.29) is 17.9 Å². The maximum Gasteiger partial charge on any atom is 0.324 e. The number of amides is 2. The van der Waals surface area contributed by atoms with Gasteiger partial charge in [0.05, 0.1) is 0 Å². The first-order chi connectivity index (χ1) is 8.94. The molecule has 1 atom stereocenters. The number of carbonyl (C=O) groups is 1. The van der Waals surface area contributed by atoms with Gasteiger partial charge in [0.15, 0.2) is 0 Å². The highest BCUT2D eigenvalue weighted by Gasteiger charge is 2.54. The molecule has 0 bridgehead atoms. The number of carbonyl (C=O) groups excluding carboxylic acids is 1. The predicted octanol–water partition coefficient (Wildman–Crippen LogP) is 2.97. The summed E-state index contributed by atoms with van der Waals surface area (Å²) in [5.74, 6) is -0.376. The standard InChI is InChI=1S/C13H13BrFN3O/c1-13(9-6-7(14)2-5-10(9)15)11(16)17-12(19)18(13)8-3-4-8/h2,5-6,8H,3-4H2,1H3,(H2,16,17,19).